The van der Waals surface area contributed by atoms with Crippen LogP contribution in [0.4, 0.5) is 4.39 Å². The molecule has 1 aliphatic carbocycles. The zero-order valence-corrected chi connectivity index (χ0v) is 12.4. The van der Waals surface area contributed by atoms with Gasteiger partial charge in [-0.15, -0.1) is 0 Å². The van der Waals surface area contributed by atoms with Gasteiger partial charge in [-0.3, -0.25) is 0 Å². The molecule has 0 amide bonds. The van der Waals surface area contributed by atoms with Crippen LogP contribution in [0.5, 0.6) is 0 Å². The minimum absolute atomic E-state index is 0.0954. The average molecular weight is 313 g/mol. The molecule has 19 heavy (non-hydrogen) atoms. The fourth-order valence-electron chi connectivity index (χ4n) is 2.19. The van der Waals surface area contributed by atoms with Gasteiger partial charge in [0.1, 0.15) is 11.1 Å². The number of esters is 1. The summed E-state index contributed by atoms with van der Waals surface area (Å²) >= 11 is 0. The lowest BCUT2D eigenvalue weighted by Gasteiger charge is -2.17. The van der Waals surface area contributed by atoms with Gasteiger partial charge in [0.25, 0.3) is 0 Å². The van der Waals surface area contributed by atoms with Crippen LogP contribution < -0.4 is 0 Å². The van der Waals surface area contributed by atoms with Gasteiger partial charge in [0.15, 0.2) is 0 Å². The van der Waals surface area contributed by atoms with Gasteiger partial charge in [0.05, 0.1) is 12.7 Å². The third-order valence-electron chi connectivity index (χ3n) is 3.24. The largest absolute Gasteiger partial charge is 0.466 e. The van der Waals surface area contributed by atoms with Crippen LogP contribution in [0.15, 0.2) is 11.4 Å². The van der Waals surface area contributed by atoms with Crippen LogP contribution in [0.2, 0.25) is 0 Å². The Bertz CT molecular complexity index is 458. The predicted octanol–water partition coefficient (Wildman–Crippen LogP) is 3.06. The molecule has 0 saturated heterocycles. The van der Waals surface area contributed by atoms with Crippen LogP contribution in [0.25, 0.3) is 0 Å². The van der Waals surface area contributed by atoms with Crippen LogP contribution >= 0.6 is 10.7 Å². The predicted molar refractivity (Wildman–Crippen MR) is 71.0 cm³/mol. The Morgan fingerprint density at radius 3 is 2.42 bits per heavy atom. The molecule has 0 N–H and O–H groups in total. The summed E-state index contributed by atoms with van der Waals surface area (Å²) in [6.07, 6.45) is 4.13. The second-order valence-electron chi connectivity index (χ2n) is 4.59. The van der Waals surface area contributed by atoms with E-state index in [4.69, 9.17) is 10.7 Å². The van der Waals surface area contributed by atoms with Crippen LogP contribution in [-0.4, -0.2) is 26.7 Å². The normalized spacial score (nSPS) is 26.8. The summed E-state index contributed by atoms with van der Waals surface area (Å²) in [6, 6.07) is 0. The van der Waals surface area contributed by atoms with Crippen molar-refractivity contribution in [1.29, 1.82) is 0 Å². The Hall–Kier alpha value is -0.620. The summed E-state index contributed by atoms with van der Waals surface area (Å²) in [6.45, 7) is 0. The highest BCUT2D eigenvalue weighted by Gasteiger charge is 2.32. The molecule has 0 saturated carbocycles. The van der Waals surface area contributed by atoms with Gasteiger partial charge >= 0.3 is 5.97 Å². The van der Waals surface area contributed by atoms with Gasteiger partial charge in [-0.05, 0) is 19.3 Å². The van der Waals surface area contributed by atoms with E-state index in [-0.39, 0.29) is 18.4 Å². The van der Waals surface area contributed by atoms with E-state index in [0.717, 1.165) is 26.4 Å². The summed E-state index contributed by atoms with van der Waals surface area (Å²) in [5.41, 5.74) is -0.196. The van der Waals surface area contributed by atoms with Crippen molar-refractivity contribution in [3.05, 3.63) is 11.4 Å². The Kier molecular flexibility index (Phi) is 6.26. The van der Waals surface area contributed by atoms with Crippen molar-refractivity contribution in [3.63, 3.8) is 0 Å². The van der Waals surface area contributed by atoms with Gasteiger partial charge in [0, 0.05) is 10.7 Å². The molecule has 0 aromatic carbocycles. The SMILES string of the molecule is COC(=O)/C1=C(\F)[C@@H](S(=O)(=O)Cl)CCCCCCC1. The van der Waals surface area contributed by atoms with Gasteiger partial charge in [-0.2, -0.15) is 0 Å². The lowest BCUT2D eigenvalue weighted by molar-refractivity contribution is -0.136. The molecule has 0 fully saturated rings. The standard InChI is InChI=1S/C12H18ClFO4S/c1-18-12(15)9-7-5-3-2-4-6-8-10(11(9)14)19(13,16)17/h10H,2-8H2,1H3/b11-9-/t10-/m0/s1. The van der Waals surface area contributed by atoms with E-state index in [1.807, 2.05) is 0 Å². The maximum Gasteiger partial charge on any atom is 0.336 e. The quantitative estimate of drug-likeness (QED) is 0.581. The summed E-state index contributed by atoms with van der Waals surface area (Å²) in [7, 11) is 2.34. The van der Waals surface area contributed by atoms with Crippen molar-refractivity contribution in [2.75, 3.05) is 7.11 Å². The number of methoxy groups -OCH3 is 1. The third kappa shape index (κ3) is 4.76. The second-order valence-corrected chi connectivity index (χ2v) is 7.40. The Balaban J connectivity index is 3.17. The van der Waals surface area contributed by atoms with Crippen LogP contribution in [-0.2, 0) is 18.6 Å². The van der Waals surface area contributed by atoms with Gasteiger partial charge in [0.2, 0.25) is 9.05 Å². The fraction of sp³-hybridized carbons (Fsp3) is 0.750. The molecular weight excluding hydrogens is 295 g/mol. The topological polar surface area (TPSA) is 60.4 Å². The summed E-state index contributed by atoms with van der Waals surface area (Å²) in [5.74, 6) is -1.77. The zero-order valence-electron chi connectivity index (χ0n) is 10.8. The van der Waals surface area contributed by atoms with Crippen molar-refractivity contribution in [2.24, 2.45) is 0 Å². The Morgan fingerprint density at radius 2 is 1.84 bits per heavy atom. The first-order valence-corrected chi connectivity index (χ1v) is 8.65. The molecular formula is C12H18ClFO4S. The molecule has 0 radical (unpaired) electrons. The third-order valence-corrected chi connectivity index (χ3v) is 5.00. The summed E-state index contributed by atoms with van der Waals surface area (Å²) in [5, 5.41) is -1.44. The number of hydrogen-bond donors (Lipinski definition) is 0. The molecule has 0 bridgehead atoms. The number of halogens is 2. The minimum Gasteiger partial charge on any atom is -0.466 e. The molecule has 0 aromatic rings. The van der Waals surface area contributed by atoms with Crippen molar-refractivity contribution in [3.8, 4) is 0 Å². The van der Waals surface area contributed by atoms with E-state index >= 15 is 0 Å². The smallest absolute Gasteiger partial charge is 0.336 e. The van der Waals surface area contributed by atoms with Gasteiger partial charge in [-0.1, -0.05) is 25.7 Å². The summed E-state index contributed by atoms with van der Waals surface area (Å²) < 4.78 is 41.7. The van der Waals surface area contributed by atoms with Crippen molar-refractivity contribution in [1.82, 2.24) is 0 Å². The minimum atomic E-state index is -4.09. The summed E-state index contributed by atoms with van der Waals surface area (Å²) in [4.78, 5) is 11.6. The molecule has 0 spiro atoms. The van der Waals surface area contributed by atoms with Crippen LogP contribution in [0.1, 0.15) is 44.9 Å². The van der Waals surface area contributed by atoms with Crippen LogP contribution in [0.3, 0.4) is 0 Å². The second kappa shape index (κ2) is 7.24. The van der Waals surface area contributed by atoms with E-state index in [1.54, 1.807) is 0 Å². The van der Waals surface area contributed by atoms with Crippen molar-refractivity contribution < 1.29 is 22.3 Å². The molecule has 0 unspecified atom stereocenters. The molecule has 4 nitrogen and oxygen atoms in total. The molecule has 0 aromatic heterocycles. The number of ether oxygens (including phenoxy) is 1. The molecule has 7 heteroatoms. The highest BCUT2D eigenvalue weighted by Crippen LogP contribution is 2.30. The van der Waals surface area contributed by atoms with E-state index in [0.29, 0.717) is 12.8 Å². The van der Waals surface area contributed by atoms with E-state index < -0.39 is 26.1 Å². The van der Waals surface area contributed by atoms with Crippen LogP contribution in [0, 0.1) is 0 Å². The first-order chi connectivity index (χ1) is 8.88. The van der Waals surface area contributed by atoms with E-state index in [1.165, 1.54) is 0 Å². The first kappa shape index (κ1) is 16.4. The van der Waals surface area contributed by atoms with E-state index in [2.05, 4.69) is 4.74 Å². The monoisotopic (exact) mass is 312 g/mol. The number of hydrogen-bond acceptors (Lipinski definition) is 4. The molecule has 0 aliphatic heterocycles. The maximum atomic E-state index is 14.3. The number of rotatable bonds is 2. The van der Waals surface area contributed by atoms with Gasteiger partial charge in [-0.25, -0.2) is 17.6 Å². The zero-order chi connectivity index (χ0) is 14.5. The fourth-order valence-corrected chi connectivity index (χ4v) is 3.53. The molecule has 1 atom stereocenters. The number of carbonyl (C=O) groups excluding carboxylic acids is 1. The lowest BCUT2D eigenvalue weighted by atomic mass is 9.99. The van der Waals surface area contributed by atoms with Gasteiger partial charge < -0.3 is 4.74 Å². The highest BCUT2D eigenvalue weighted by atomic mass is 35.7. The molecule has 110 valence electrons. The number of carbonyl (C=O) groups is 1. The maximum absolute atomic E-state index is 14.3. The van der Waals surface area contributed by atoms with Crippen molar-refractivity contribution in [2.45, 2.75) is 50.2 Å². The Morgan fingerprint density at radius 1 is 1.26 bits per heavy atom. The lowest BCUT2D eigenvalue weighted by Crippen LogP contribution is -2.21. The van der Waals surface area contributed by atoms with E-state index in [9.17, 15) is 17.6 Å². The molecule has 1 rings (SSSR count). The van der Waals surface area contributed by atoms with Crippen molar-refractivity contribution >= 4 is 25.7 Å². The molecule has 0 heterocycles. The Labute approximate surface area is 117 Å². The average Bonchev–Trinajstić information content (AvgIpc) is 2.34. The first-order valence-electron chi connectivity index (χ1n) is 6.28. The highest BCUT2D eigenvalue weighted by molar-refractivity contribution is 8.14. The molecule has 1 aliphatic rings.